The molecule has 5 rings (SSSR count). The molecule has 1 saturated carbocycles. The van der Waals surface area contributed by atoms with Gasteiger partial charge < -0.3 is 10.2 Å². The first-order valence-electron chi connectivity index (χ1n) is 7.38. The molecule has 0 spiro atoms. The van der Waals surface area contributed by atoms with Gasteiger partial charge >= 0.3 is 0 Å². The molecule has 2 atom stereocenters. The summed E-state index contributed by atoms with van der Waals surface area (Å²) in [7, 11) is 0. The minimum atomic E-state index is 0.105. The Morgan fingerprint density at radius 3 is 2.37 bits per heavy atom. The Kier molecular flexibility index (Phi) is 2.62. The lowest BCUT2D eigenvalue weighted by atomic mass is 9.65. The highest BCUT2D eigenvalue weighted by atomic mass is 16.1. The van der Waals surface area contributed by atoms with Crippen molar-refractivity contribution in [3.05, 3.63) is 35.9 Å². The molecule has 3 aliphatic heterocycles. The van der Waals surface area contributed by atoms with Crippen LogP contribution in [0.3, 0.4) is 0 Å². The van der Waals surface area contributed by atoms with E-state index in [9.17, 15) is 4.79 Å². The van der Waals surface area contributed by atoms with Crippen molar-refractivity contribution < 1.29 is 4.79 Å². The van der Waals surface area contributed by atoms with Crippen molar-refractivity contribution in [2.45, 2.75) is 18.9 Å². The summed E-state index contributed by atoms with van der Waals surface area (Å²) in [6.45, 7) is 3.67. The van der Waals surface area contributed by atoms with Crippen LogP contribution in [0, 0.1) is 17.8 Å². The molecule has 0 radical (unpaired) electrons. The van der Waals surface area contributed by atoms with Crippen LogP contribution < -0.4 is 5.32 Å². The predicted octanol–water partition coefficient (Wildman–Crippen LogP) is 1.76. The number of nitrogens with one attached hydrogen (secondary N) is 1. The monoisotopic (exact) mass is 256 g/mol. The van der Waals surface area contributed by atoms with Gasteiger partial charge in [0.25, 0.3) is 5.91 Å². The van der Waals surface area contributed by atoms with Gasteiger partial charge in [-0.3, -0.25) is 4.79 Å². The van der Waals surface area contributed by atoms with Gasteiger partial charge in [0.2, 0.25) is 0 Å². The summed E-state index contributed by atoms with van der Waals surface area (Å²) < 4.78 is 0. The first kappa shape index (κ1) is 11.5. The number of hydrogen-bond acceptors (Lipinski definition) is 2. The summed E-state index contributed by atoms with van der Waals surface area (Å²) >= 11 is 0. The van der Waals surface area contributed by atoms with E-state index in [1.54, 1.807) is 0 Å². The third-order valence-electron chi connectivity index (χ3n) is 5.12. The molecule has 100 valence electrons. The number of amides is 1. The van der Waals surface area contributed by atoms with Crippen LogP contribution in [0.2, 0.25) is 0 Å². The zero-order chi connectivity index (χ0) is 12.8. The van der Waals surface area contributed by atoms with E-state index in [-0.39, 0.29) is 5.91 Å². The first-order chi connectivity index (χ1) is 9.29. The summed E-state index contributed by atoms with van der Waals surface area (Å²) in [4.78, 5) is 14.9. The van der Waals surface area contributed by atoms with E-state index in [2.05, 4.69) is 10.2 Å². The van der Waals surface area contributed by atoms with Crippen LogP contribution in [0.5, 0.6) is 0 Å². The highest BCUT2D eigenvalue weighted by Crippen LogP contribution is 2.43. The number of carbonyl (C=O) groups is 1. The van der Waals surface area contributed by atoms with Gasteiger partial charge in [-0.15, -0.1) is 0 Å². The summed E-state index contributed by atoms with van der Waals surface area (Å²) in [5.74, 6) is 2.35. The van der Waals surface area contributed by atoms with Crippen LogP contribution in [0.1, 0.15) is 23.2 Å². The van der Waals surface area contributed by atoms with Gasteiger partial charge in [-0.1, -0.05) is 18.2 Å². The van der Waals surface area contributed by atoms with Gasteiger partial charge in [0.05, 0.1) is 0 Å². The normalized spacial score (nSPS) is 39.3. The van der Waals surface area contributed by atoms with Crippen molar-refractivity contribution in [1.82, 2.24) is 10.2 Å². The van der Waals surface area contributed by atoms with E-state index in [1.165, 1.54) is 32.5 Å². The molecule has 4 aliphatic rings. The van der Waals surface area contributed by atoms with Gasteiger partial charge in [-0.05, 0) is 42.7 Å². The van der Waals surface area contributed by atoms with E-state index in [1.807, 2.05) is 30.3 Å². The molecule has 0 aromatic heterocycles. The zero-order valence-electron chi connectivity index (χ0n) is 11.1. The molecule has 1 aromatic rings. The number of carbonyl (C=O) groups excluding carboxylic acids is 1. The number of benzene rings is 1. The van der Waals surface area contributed by atoms with E-state index < -0.39 is 0 Å². The topological polar surface area (TPSA) is 32.3 Å². The van der Waals surface area contributed by atoms with Crippen LogP contribution in [0.15, 0.2) is 30.3 Å². The smallest absolute Gasteiger partial charge is 0.251 e. The predicted molar refractivity (Wildman–Crippen MR) is 73.8 cm³/mol. The standard InChI is InChI=1S/C16H20N2O/c19-16(12-4-2-1-3-5-12)17-15-13-6-11-7-14(15)10-18(8-11)9-13/h1-5,11,13-15H,6-10H2,(H,17,19)/t11?,13-,14-,15?/m1/s1. The fourth-order valence-corrected chi connectivity index (χ4v) is 4.47. The lowest BCUT2D eigenvalue weighted by Crippen LogP contribution is -2.64. The average molecular weight is 256 g/mol. The number of piperidine rings is 3. The molecule has 0 unspecified atom stereocenters. The molecule has 1 amide bonds. The maximum atomic E-state index is 12.3. The van der Waals surface area contributed by atoms with Crippen molar-refractivity contribution in [3.63, 3.8) is 0 Å². The maximum absolute atomic E-state index is 12.3. The van der Waals surface area contributed by atoms with Crippen molar-refractivity contribution in [2.75, 3.05) is 19.6 Å². The second kappa shape index (κ2) is 4.34. The molecule has 4 fully saturated rings. The first-order valence-corrected chi connectivity index (χ1v) is 7.38. The van der Waals surface area contributed by atoms with Crippen LogP contribution >= 0.6 is 0 Å². The maximum Gasteiger partial charge on any atom is 0.251 e. The molecular weight excluding hydrogens is 236 g/mol. The van der Waals surface area contributed by atoms with Crippen LogP contribution in [-0.4, -0.2) is 36.5 Å². The fraction of sp³-hybridized carbons (Fsp3) is 0.562. The Labute approximate surface area is 114 Å². The van der Waals surface area contributed by atoms with E-state index in [4.69, 9.17) is 0 Å². The summed E-state index contributed by atoms with van der Waals surface area (Å²) in [5.41, 5.74) is 0.789. The molecule has 3 nitrogen and oxygen atoms in total. The molecule has 3 heterocycles. The van der Waals surface area contributed by atoms with Crippen LogP contribution in [0.25, 0.3) is 0 Å². The Bertz CT molecular complexity index is 457. The molecule has 1 aromatic carbocycles. The molecule has 1 aliphatic carbocycles. The number of rotatable bonds is 2. The molecule has 1 N–H and O–H groups in total. The number of hydrogen-bond donors (Lipinski definition) is 1. The number of nitrogens with zero attached hydrogens (tertiary/aromatic N) is 1. The summed E-state index contributed by atoms with van der Waals surface area (Å²) in [6, 6.07) is 10.0. The van der Waals surface area contributed by atoms with Crippen molar-refractivity contribution in [2.24, 2.45) is 17.8 Å². The third-order valence-corrected chi connectivity index (χ3v) is 5.12. The summed E-state index contributed by atoms with van der Waals surface area (Å²) in [6.07, 6.45) is 2.62. The van der Waals surface area contributed by atoms with E-state index in [0.29, 0.717) is 17.9 Å². The SMILES string of the molecule is O=C(NC1[C@@H]2CC3C[C@@H]1CN(C3)C2)c1ccccc1. The molecule has 4 bridgehead atoms. The van der Waals surface area contributed by atoms with Crippen LogP contribution in [0.4, 0.5) is 0 Å². The highest BCUT2D eigenvalue weighted by Gasteiger charge is 2.47. The highest BCUT2D eigenvalue weighted by molar-refractivity contribution is 5.94. The van der Waals surface area contributed by atoms with Gasteiger partial charge in [0.1, 0.15) is 0 Å². The van der Waals surface area contributed by atoms with Gasteiger partial charge in [0, 0.05) is 31.2 Å². The molecule has 3 saturated heterocycles. The van der Waals surface area contributed by atoms with E-state index in [0.717, 1.165) is 11.5 Å². The Hall–Kier alpha value is -1.35. The van der Waals surface area contributed by atoms with Gasteiger partial charge in [-0.2, -0.15) is 0 Å². The fourth-order valence-electron chi connectivity index (χ4n) is 4.47. The minimum absolute atomic E-state index is 0.105. The lowest BCUT2D eigenvalue weighted by molar-refractivity contribution is -0.0418. The van der Waals surface area contributed by atoms with Gasteiger partial charge in [-0.25, -0.2) is 0 Å². The van der Waals surface area contributed by atoms with Crippen LogP contribution in [-0.2, 0) is 0 Å². The Balaban J connectivity index is 1.50. The van der Waals surface area contributed by atoms with E-state index >= 15 is 0 Å². The molecular formula is C16H20N2O. The third kappa shape index (κ3) is 1.96. The largest absolute Gasteiger partial charge is 0.349 e. The average Bonchev–Trinajstić information content (AvgIpc) is 2.43. The second-order valence-electron chi connectivity index (χ2n) is 6.44. The van der Waals surface area contributed by atoms with Gasteiger partial charge in [0.15, 0.2) is 0 Å². The minimum Gasteiger partial charge on any atom is -0.349 e. The quantitative estimate of drug-likeness (QED) is 0.874. The zero-order valence-corrected chi connectivity index (χ0v) is 11.1. The lowest BCUT2D eigenvalue weighted by Gasteiger charge is -2.55. The van der Waals surface area contributed by atoms with Crippen molar-refractivity contribution >= 4 is 5.91 Å². The summed E-state index contributed by atoms with van der Waals surface area (Å²) in [5, 5.41) is 3.31. The molecule has 3 heteroatoms. The Morgan fingerprint density at radius 1 is 1.05 bits per heavy atom. The van der Waals surface area contributed by atoms with Crippen molar-refractivity contribution in [3.8, 4) is 0 Å². The molecule has 19 heavy (non-hydrogen) atoms. The Morgan fingerprint density at radius 2 is 1.74 bits per heavy atom. The second-order valence-corrected chi connectivity index (χ2v) is 6.44. The van der Waals surface area contributed by atoms with Crippen molar-refractivity contribution in [1.29, 1.82) is 0 Å².